The zero-order valence-corrected chi connectivity index (χ0v) is 16.3. The van der Waals surface area contributed by atoms with E-state index in [0.717, 1.165) is 26.2 Å². The molecule has 2 fully saturated rings. The van der Waals surface area contributed by atoms with Gasteiger partial charge in [0.05, 0.1) is 11.5 Å². The number of anilines is 1. The number of nitrogens with zero attached hydrogens (tertiary/aromatic N) is 2. The van der Waals surface area contributed by atoms with E-state index in [1.807, 2.05) is 6.07 Å². The van der Waals surface area contributed by atoms with Gasteiger partial charge in [0.15, 0.2) is 6.10 Å². The van der Waals surface area contributed by atoms with Crippen molar-refractivity contribution in [2.45, 2.75) is 32.9 Å². The minimum atomic E-state index is -0.570. The first-order valence-corrected chi connectivity index (χ1v) is 9.49. The molecule has 2 aliphatic rings. The van der Waals surface area contributed by atoms with Crippen molar-refractivity contribution in [2.24, 2.45) is 5.41 Å². The summed E-state index contributed by atoms with van der Waals surface area (Å²) in [6.45, 7) is 9.89. The third-order valence-electron chi connectivity index (χ3n) is 4.95. The van der Waals surface area contributed by atoms with Gasteiger partial charge in [0, 0.05) is 38.4 Å². The fourth-order valence-electron chi connectivity index (χ4n) is 3.29. The zero-order chi connectivity index (χ0) is 19.4. The summed E-state index contributed by atoms with van der Waals surface area (Å²) in [5, 5.41) is 2.85. The fourth-order valence-corrected chi connectivity index (χ4v) is 3.29. The Morgan fingerprint density at radius 2 is 1.85 bits per heavy atom. The number of hydrogen-bond acceptors (Lipinski definition) is 6. The van der Waals surface area contributed by atoms with Gasteiger partial charge in [0.25, 0.3) is 0 Å². The maximum Gasteiger partial charge on any atom is 0.408 e. The van der Waals surface area contributed by atoms with Crippen LogP contribution in [0.25, 0.3) is 0 Å². The van der Waals surface area contributed by atoms with Gasteiger partial charge in [-0.25, -0.2) is 4.79 Å². The fraction of sp³-hybridized carbons (Fsp3) is 0.600. The molecule has 7 nitrogen and oxygen atoms in total. The van der Waals surface area contributed by atoms with Crippen LogP contribution in [0.5, 0.6) is 0 Å². The SMILES string of the molecule is CC(C)(C)C(=O)OC[C@H]1OC(=O)N[C@@H]1CN1CCN(c2ccccc2)CC1. The molecule has 27 heavy (non-hydrogen) atoms. The van der Waals surface area contributed by atoms with Crippen LogP contribution < -0.4 is 10.2 Å². The van der Waals surface area contributed by atoms with Gasteiger partial charge in [0.1, 0.15) is 6.61 Å². The van der Waals surface area contributed by atoms with Crippen LogP contribution in [-0.2, 0) is 14.3 Å². The third kappa shape index (κ3) is 5.13. The van der Waals surface area contributed by atoms with Gasteiger partial charge in [-0.1, -0.05) is 18.2 Å². The monoisotopic (exact) mass is 375 g/mol. The number of cyclic esters (lactones) is 1. The number of rotatable bonds is 5. The van der Waals surface area contributed by atoms with Crippen molar-refractivity contribution in [3.8, 4) is 0 Å². The molecule has 1 aromatic rings. The van der Waals surface area contributed by atoms with Crippen LogP contribution in [0.1, 0.15) is 20.8 Å². The van der Waals surface area contributed by atoms with Crippen LogP contribution in [0.4, 0.5) is 10.5 Å². The van der Waals surface area contributed by atoms with Crippen LogP contribution in [0.2, 0.25) is 0 Å². The molecule has 1 aromatic carbocycles. The Kier molecular flexibility index (Phi) is 5.89. The molecule has 0 radical (unpaired) electrons. The Labute approximate surface area is 160 Å². The number of hydrogen-bond donors (Lipinski definition) is 1. The van der Waals surface area contributed by atoms with Crippen LogP contribution in [0.15, 0.2) is 30.3 Å². The number of nitrogens with one attached hydrogen (secondary N) is 1. The molecular weight excluding hydrogens is 346 g/mol. The number of benzene rings is 1. The molecule has 2 heterocycles. The highest BCUT2D eigenvalue weighted by atomic mass is 16.6. The summed E-state index contributed by atoms with van der Waals surface area (Å²) in [6, 6.07) is 10.2. The summed E-state index contributed by atoms with van der Waals surface area (Å²) in [4.78, 5) is 28.3. The predicted molar refractivity (Wildman–Crippen MR) is 103 cm³/mol. The van der Waals surface area contributed by atoms with Crippen molar-refractivity contribution < 1.29 is 19.1 Å². The van der Waals surface area contributed by atoms with Crippen molar-refractivity contribution in [3.05, 3.63) is 30.3 Å². The van der Waals surface area contributed by atoms with Crippen molar-refractivity contribution in [1.29, 1.82) is 0 Å². The molecule has 0 aliphatic carbocycles. The van der Waals surface area contributed by atoms with Crippen molar-refractivity contribution in [1.82, 2.24) is 10.2 Å². The molecule has 0 bridgehead atoms. The average Bonchev–Trinajstić information content (AvgIpc) is 2.99. The molecule has 0 aromatic heterocycles. The number of carbonyl (C=O) groups is 2. The van der Waals surface area contributed by atoms with Gasteiger partial charge in [-0.15, -0.1) is 0 Å². The molecule has 148 valence electrons. The molecule has 0 saturated carbocycles. The summed E-state index contributed by atoms with van der Waals surface area (Å²) >= 11 is 0. The Morgan fingerprint density at radius 3 is 2.48 bits per heavy atom. The number of esters is 1. The molecule has 2 saturated heterocycles. The molecule has 2 atom stereocenters. The number of alkyl carbamates (subject to hydrolysis) is 1. The van der Waals surface area contributed by atoms with E-state index in [-0.39, 0.29) is 18.6 Å². The second-order valence-corrected chi connectivity index (χ2v) is 8.17. The second-order valence-electron chi connectivity index (χ2n) is 8.17. The van der Waals surface area contributed by atoms with Gasteiger partial charge in [-0.3, -0.25) is 9.69 Å². The number of ether oxygens (including phenoxy) is 2. The summed E-state index contributed by atoms with van der Waals surface area (Å²) in [5.74, 6) is -0.291. The first-order chi connectivity index (χ1) is 12.8. The lowest BCUT2D eigenvalue weighted by Crippen LogP contribution is -2.52. The van der Waals surface area contributed by atoms with Crippen LogP contribution >= 0.6 is 0 Å². The lowest BCUT2D eigenvalue weighted by atomic mass is 9.97. The highest BCUT2D eigenvalue weighted by molar-refractivity contribution is 5.75. The van der Waals surface area contributed by atoms with E-state index in [1.165, 1.54) is 5.69 Å². The Balaban J connectivity index is 1.49. The van der Waals surface area contributed by atoms with Gasteiger partial charge >= 0.3 is 12.1 Å². The molecule has 2 aliphatic heterocycles. The second kappa shape index (κ2) is 8.17. The Bertz CT molecular complexity index is 651. The van der Waals surface area contributed by atoms with Crippen LogP contribution in [0.3, 0.4) is 0 Å². The zero-order valence-electron chi connectivity index (χ0n) is 16.3. The van der Waals surface area contributed by atoms with Crippen LogP contribution in [0, 0.1) is 5.41 Å². The molecule has 1 amide bonds. The average molecular weight is 375 g/mol. The minimum Gasteiger partial charge on any atom is -0.461 e. The first-order valence-electron chi connectivity index (χ1n) is 9.49. The van der Waals surface area contributed by atoms with E-state index in [2.05, 4.69) is 39.4 Å². The van der Waals surface area contributed by atoms with E-state index >= 15 is 0 Å². The van der Waals surface area contributed by atoms with E-state index in [0.29, 0.717) is 6.54 Å². The van der Waals surface area contributed by atoms with E-state index in [9.17, 15) is 9.59 Å². The molecule has 0 spiro atoms. The Hall–Kier alpha value is -2.28. The molecule has 1 N–H and O–H groups in total. The van der Waals surface area contributed by atoms with E-state index in [1.54, 1.807) is 20.8 Å². The number of piperazine rings is 1. The summed E-state index contributed by atoms with van der Waals surface area (Å²) < 4.78 is 10.7. The van der Waals surface area contributed by atoms with E-state index in [4.69, 9.17) is 9.47 Å². The van der Waals surface area contributed by atoms with Gasteiger partial charge in [-0.05, 0) is 32.9 Å². The molecule has 7 heteroatoms. The van der Waals surface area contributed by atoms with Crippen molar-refractivity contribution in [2.75, 3.05) is 44.2 Å². The number of carbonyl (C=O) groups excluding carboxylic acids is 2. The summed E-state index contributed by atoms with van der Waals surface area (Å²) in [5.41, 5.74) is 0.667. The normalized spacial score (nSPS) is 23.7. The largest absolute Gasteiger partial charge is 0.461 e. The van der Waals surface area contributed by atoms with Crippen molar-refractivity contribution in [3.63, 3.8) is 0 Å². The smallest absolute Gasteiger partial charge is 0.408 e. The third-order valence-corrected chi connectivity index (χ3v) is 4.95. The highest BCUT2D eigenvalue weighted by Crippen LogP contribution is 2.19. The quantitative estimate of drug-likeness (QED) is 0.793. The molecule has 0 unspecified atom stereocenters. The molecular formula is C20H29N3O4. The number of amides is 1. The van der Waals surface area contributed by atoms with Crippen molar-refractivity contribution >= 4 is 17.7 Å². The topological polar surface area (TPSA) is 71.1 Å². The van der Waals surface area contributed by atoms with E-state index < -0.39 is 17.6 Å². The standard InChI is InChI=1S/C20H29N3O4/c1-20(2,3)18(24)26-14-17-16(21-19(25)27-17)13-22-9-11-23(12-10-22)15-7-5-4-6-8-15/h4-8,16-17H,9-14H2,1-3H3,(H,21,25)/t16-,17-/m1/s1. The summed E-state index contributed by atoms with van der Waals surface area (Å²) in [6.07, 6.45) is -0.893. The van der Waals surface area contributed by atoms with Gasteiger partial charge in [-0.2, -0.15) is 0 Å². The maximum absolute atomic E-state index is 12.0. The molecule has 3 rings (SSSR count). The van der Waals surface area contributed by atoms with Gasteiger partial charge < -0.3 is 19.7 Å². The Morgan fingerprint density at radius 1 is 1.19 bits per heavy atom. The van der Waals surface area contributed by atoms with Crippen LogP contribution in [-0.4, -0.2) is 68.4 Å². The lowest BCUT2D eigenvalue weighted by molar-refractivity contribution is -0.155. The predicted octanol–water partition coefficient (Wildman–Crippen LogP) is 1.87. The first kappa shape index (κ1) is 19.5. The summed E-state index contributed by atoms with van der Waals surface area (Å²) in [7, 11) is 0. The minimum absolute atomic E-state index is 0.0868. The highest BCUT2D eigenvalue weighted by Gasteiger charge is 2.37. The maximum atomic E-state index is 12.0. The van der Waals surface area contributed by atoms with Gasteiger partial charge in [0.2, 0.25) is 0 Å². The lowest BCUT2D eigenvalue weighted by Gasteiger charge is -2.37. The number of para-hydroxylation sites is 1.